The minimum Gasteiger partial charge on any atom is -0.311 e. The van der Waals surface area contributed by atoms with Gasteiger partial charge in [0.05, 0.1) is 38.4 Å². The molecule has 1 heteroatoms. The van der Waals surface area contributed by atoms with Crippen LogP contribution in [-0.2, 0) is 0 Å². The van der Waals surface area contributed by atoms with Crippen LogP contribution in [0.2, 0.25) is 0 Å². The average Bonchev–Trinajstić information content (AvgIpc) is 3.51. The van der Waals surface area contributed by atoms with Crippen molar-refractivity contribution in [2.75, 3.05) is 4.90 Å². The molecule has 1 nitrogen and oxygen atoms in total. The Balaban J connectivity index is 1.39. The number of hydrogen-bond acceptors (Lipinski definition) is 1. The van der Waals surface area contributed by atoms with Crippen LogP contribution in [0.5, 0.6) is 0 Å². The van der Waals surface area contributed by atoms with Gasteiger partial charge in [0.1, 0.15) is 0 Å². The largest absolute Gasteiger partial charge is 0.311 e. The van der Waals surface area contributed by atoms with E-state index >= 15 is 0 Å². The Morgan fingerprint density at radius 1 is 0.306 bits per heavy atom. The van der Waals surface area contributed by atoms with E-state index in [9.17, 15) is 11.0 Å². The van der Waals surface area contributed by atoms with Crippen LogP contribution in [0.4, 0.5) is 17.1 Å². The van der Waals surface area contributed by atoms with Crippen LogP contribution in [0.15, 0.2) is 200 Å². The lowest BCUT2D eigenvalue weighted by Crippen LogP contribution is -2.09. The van der Waals surface area contributed by atoms with Crippen LogP contribution in [0.3, 0.4) is 0 Å². The molecule has 0 aromatic heterocycles. The maximum atomic E-state index is 9.63. The molecule has 0 unspecified atom stereocenters. The Morgan fingerprint density at radius 3 is 1.73 bits per heavy atom. The molecule has 0 N–H and O–H groups in total. The molecule has 0 aliphatic carbocycles. The Bertz CT molecular complexity index is 4150. The Labute approximate surface area is 326 Å². The number of benzene rings is 9. The summed E-state index contributed by atoms with van der Waals surface area (Å²) in [5.74, 6) is 0. The molecule has 0 fully saturated rings. The fraction of sp³-hybridized carbons (Fsp3) is 0. The second-order valence-electron chi connectivity index (χ2n) is 10.4. The molecule has 9 rings (SSSR count). The molecule has 0 aliphatic rings. The van der Waals surface area contributed by atoms with Crippen LogP contribution < -0.4 is 4.90 Å². The van der Waals surface area contributed by atoms with Gasteiger partial charge in [0.2, 0.25) is 0 Å². The van der Waals surface area contributed by atoms with Crippen molar-refractivity contribution in [3.05, 3.63) is 200 Å². The van der Waals surface area contributed by atoms with E-state index in [0.29, 0.717) is 0 Å². The first-order chi connectivity index (χ1) is 35.9. The lowest BCUT2D eigenvalue weighted by atomic mass is 9.93. The zero-order chi connectivity index (χ0) is 56.9. The molecular weight excluding hydrogens is 591 g/mol. The minimum absolute atomic E-state index is 0.367. The topological polar surface area (TPSA) is 3.24 Å². The Kier molecular flexibility index (Phi) is 2.99. The van der Waals surface area contributed by atoms with Gasteiger partial charge in [-0.1, -0.05) is 157 Å². The molecule has 9 aromatic rings. The van der Waals surface area contributed by atoms with Crippen molar-refractivity contribution in [2.45, 2.75) is 0 Å². The standard InChI is InChI=1S/C48H33N/c1-2-11-34(12-3-1)35-21-27-40(28-22-35)49(41-29-23-37(24-30-41)44-20-10-15-36-13-4-6-16-43(36)44)42-31-25-38(26-32-42)48-33-39-14-5-7-17-45(39)46-18-8-9-19-47(46)48/h1-33H/i1D,2D,3D,4D,5D,6D,7D,8D,9D,10D,11D,12D,13D,14D,15D,16D,17D,18D,19D,20D,21D,22D,23D,25D,29D,31D,32D,33D. The third kappa shape index (κ3) is 5.32. The summed E-state index contributed by atoms with van der Waals surface area (Å²) in [5, 5.41) is -2.81. The van der Waals surface area contributed by atoms with Crippen molar-refractivity contribution in [3.63, 3.8) is 0 Å². The van der Waals surface area contributed by atoms with Crippen LogP contribution in [-0.4, -0.2) is 0 Å². The van der Waals surface area contributed by atoms with Crippen LogP contribution >= 0.6 is 0 Å². The zero-order valence-corrected chi connectivity index (χ0v) is 24.8. The number of rotatable bonds is 6. The molecule has 0 amide bonds. The Hall–Kier alpha value is -6.44. The summed E-state index contributed by atoms with van der Waals surface area (Å²) in [5.41, 5.74) is -4.37. The summed E-state index contributed by atoms with van der Waals surface area (Å²) in [4.78, 5) is 0.899. The van der Waals surface area contributed by atoms with Crippen molar-refractivity contribution in [1.29, 1.82) is 0 Å². The van der Waals surface area contributed by atoms with E-state index < -0.39 is 241 Å². The summed E-state index contributed by atoms with van der Waals surface area (Å²) >= 11 is 0. The molecule has 0 heterocycles. The molecule has 0 saturated heterocycles. The second-order valence-corrected chi connectivity index (χ2v) is 10.4. The van der Waals surface area contributed by atoms with Gasteiger partial charge in [0.15, 0.2) is 0 Å². The molecule has 0 radical (unpaired) electrons. The van der Waals surface area contributed by atoms with Crippen LogP contribution in [0.25, 0.3) is 65.7 Å². The summed E-state index contributed by atoms with van der Waals surface area (Å²) < 4.78 is 247. The normalized spacial score (nSPS) is 19.3. The van der Waals surface area contributed by atoms with E-state index in [2.05, 4.69) is 0 Å². The number of anilines is 3. The van der Waals surface area contributed by atoms with E-state index in [4.69, 9.17) is 27.4 Å². The fourth-order valence-electron chi connectivity index (χ4n) is 5.35. The van der Waals surface area contributed by atoms with Gasteiger partial charge in [-0.05, 0) is 108 Å². The second kappa shape index (κ2) is 12.3. The van der Waals surface area contributed by atoms with Crippen molar-refractivity contribution in [2.24, 2.45) is 0 Å². The van der Waals surface area contributed by atoms with Gasteiger partial charge in [0.25, 0.3) is 0 Å². The van der Waals surface area contributed by atoms with Crippen molar-refractivity contribution >= 4 is 49.4 Å². The van der Waals surface area contributed by atoms with Gasteiger partial charge in [-0.15, -0.1) is 0 Å². The predicted molar refractivity (Wildman–Crippen MR) is 210 cm³/mol. The highest BCUT2D eigenvalue weighted by Crippen LogP contribution is 2.40. The highest BCUT2D eigenvalue weighted by Gasteiger charge is 2.15. The summed E-state index contributed by atoms with van der Waals surface area (Å²) in [6, 6.07) is -16.7. The van der Waals surface area contributed by atoms with Crippen molar-refractivity contribution < 1.29 is 38.4 Å². The van der Waals surface area contributed by atoms with E-state index in [-0.39, 0.29) is 11.3 Å². The van der Waals surface area contributed by atoms with Crippen molar-refractivity contribution in [1.82, 2.24) is 0 Å². The summed E-state index contributed by atoms with van der Waals surface area (Å²) in [7, 11) is 0. The van der Waals surface area contributed by atoms with Gasteiger partial charge in [-0.3, -0.25) is 0 Å². The van der Waals surface area contributed by atoms with E-state index in [1.807, 2.05) is 0 Å². The summed E-state index contributed by atoms with van der Waals surface area (Å²) in [6.07, 6.45) is 0. The Morgan fingerprint density at radius 2 is 0.918 bits per heavy atom. The van der Waals surface area contributed by atoms with E-state index in [1.54, 1.807) is 0 Å². The first kappa shape index (κ1) is 11.9. The smallest absolute Gasteiger partial charge is 0.0645 e. The third-order valence-corrected chi connectivity index (χ3v) is 7.58. The van der Waals surface area contributed by atoms with E-state index in [0.717, 1.165) is 35.2 Å². The number of nitrogens with zero attached hydrogens (tertiary/aromatic N) is 1. The lowest BCUT2D eigenvalue weighted by molar-refractivity contribution is 1.28. The lowest BCUT2D eigenvalue weighted by Gasteiger charge is -2.26. The highest BCUT2D eigenvalue weighted by molar-refractivity contribution is 6.13. The van der Waals surface area contributed by atoms with Gasteiger partial charge in [-0.2, -0.15) is 0 Å². The first-order valence-electron chi connectivity index (χ1n) is 28.6. The SMILES string of the molecule is [2H]c1cc(N(c2ccc(-c3c([2H])c([2H])c([2H])c4c([2H])c([2H])c([2H])c([2H])c34)c([2H])c2[2H])c2c([2H])cc(-c3c([2H])c4c([2H])c([2H])c([2H])c([2H])c4c4c([2H])c([2H])c([2H])c([2H])c34)c([2H])c2[2H])cc([2H])c1-c1c([2H])c([2H])c([2H])c([2H])c1[2H]. The highest BCUT2D eigenvalue weighted by atomic mass is 15.1. The number of fused-ring (bicyclic) bond motifs is 4. The molecule has 9 aromatic carbocycles. The maximum Gasteiger partial charge on any atom is 0.0645 e. The first-order valence-corrected chi connectivity index (χ1v) is 14.6. The molecule has 0 saturated carbocycles. The number of hydrogen-bond donors (Lipinski definition) is 0. The van der Waals surface area contributed by atoms with Gasteiger partial charge in [0, 0.05) is 17.1 Å². The molecule has 230 valence electrons. The molecule has 0 aliphatic heterocycles. The zero-order valence-electron chi connectivity index (χ0n) is 52.8. The van der Waals surface area contributed by atoms with Crippen LogP contribution in [0.1, 0.15) is 38.4 Å². The average molecular weight is 652 g/mol. The van der Waals surface area contributed by atoms with Crippen molar-refractivity contribution in [3.8, 4) is 33.4 Å². The third-order valence-electron chi connectivity index (χ3n) is 7.58. The van der Waals surface area contributed by atoms with Gasteiger partial charge >= 0.3 is 0 Å². The van der Waals surface area contributed by atoms with Crippen LogP contribution in [0, 0.1) is 0 Å². The maximum absolute atomic E-state index is 9.63. The minimum atomic E-state index is -0.945. The molecule has 0 spiro atoms. The molecule has 0 atom stereocenters. The summed E-state index contributed by atoms with van der Waals surface area (Å²) in [6.45, 7) is 0. The van der Waals surface area contributed by atoms with Gasteiger partial charge < -0.3 is 4.90 Å². The fourth-order valence-corrected chi connectivity index (χ4v) is 5.35. The molecule has 0 bridgehead atoms. The van der Waals surface area contributed by atoms with E-state index in [1.165, 1.54) is 0 Å². The molecular formula is C48H33N. The predicted octanol–water partition coefficient (Wildman–Crippen LogP) is 13.6. The van der Waals surface area contributed by atoms with Gasteiger partial charge in [-0.25, -0.2) is 0 Å². The molecule has 49 heavy (non-hydrogen) atoms. The monoisotopic (exact) mass is 651 g/mol. The quantitative estimate of drug-likeness (QED) is 0.162.